The second-order valence-electron chi connectivity index (χ2n) is 2.44. The highest BCUT2D eigenvalue weighted by molar-refractivity contribution is 5.86. The molecule has 0 unspecified atom stereocenters. The molecular weight excluding hydrogens is 142 g/mol. The van der Waals surface area contributed by atoms with Crippen molar-refractivity contribution < 1.29 is 4.79 Å². The van der Waals surface area contributed by atoms with Gasteiger partial charge in [-0.2, -0.15) is 5.53 Å². The number of carbonyl (C=O) groups excluding carboxylic acids is 1. The lowest BCUT2D eigenvalue weighted by Gasteiger charge is -2.18. The molecule has 0 saturated carbocycles. The summed E-state index contributed by atoms with van der Waals surface area (Å²) in [6.45, 7) is 5.06. The number of nitrogens with one attached hydrogen (secondary N) is 2. The highest BCUT2D eigenvalue weighted by Crippen LogP contribution is 1.95. The normalized spacial score (nSPS) is 19.1. The molecule has 4 heteroatoms. The van der Waals surface area contributed by atoms with E-state index in [1.165, 1.54) is 11.1 Å². The maximum absolute atomic E-state index is 11.0. The Labute approximate surface area is 66.2 Å². The minimum Gasteiger partial charge on any atom is -0.268 e. The van der Waals surface area contributed by atoms with Crippen molar-refractivity contribution >= 4 is 5.91 Å². The van der Waals surface area contributed by atoms with E-state index in [0.717, 1.165) is 25.9 Å². The van der Waals surface area contributed by atoms with Crippen molar-refractivity contribution in [1.82, 2.24) is 16.0 Å². The summed E-state index contributed by atoms with van der Waals surface area (Å²) in [4.78, 5) is 11.0. The summed E-state index contributed by atoms with van der Waals surface area (Å²) in [5, 5.41) is 1.53. The van der Waals surface area contributed by atoms with Crippen LogP contribution in [0.25, 0.3) is 0 Å². The predicted molar refractivity (Wildman–Crippen MR) is 42.3 cm³/mol. The molecule has 1 heterocycles. The van der Waals surface area contributed by atoms with Gasteiger partial charge in [-0.15, -0.1) is 0 Å². The standard InChI is InChI=1S/C7H13N3O/c1-2-7(11)10-6-4-3-5-8-9-10/h2,8-9H,1,3-6H2. The molecule has 11 heavy (non-hydrogen) atoms. The van der Waals surface area contributed by atoms with Crippen LogP contribution in [-0.4, -0.2) is 24.0 Å². The van der Waals surface area contributed by atoms with Crippen LogP contribution in [0.4, 0.5) is 0 Å². The largest absolute Gasteiger partial charge is 0.268 e. The van der Waals surface area contributed by atoms with Crippen molar-refractivity contribution in [2.45, 2.75) is 12.8 Å². The van der Waals surface area contributed by atoms with Gasteiger partial charge in [0.1, 0.15) is 0 Å². The predicted octanol–water partition coefficient (Wildman–Crippen LogP) is -0.196. The van der Waals surface area contributed by atoms with Gasteiger partial charge in [0.2, 0.25) is 0 Å². The summed E-state index contributed by atoms with van der Waals surface area (Å²) in [6, 6.07) is 0. The van der Waals surface area contributed by atoms with Crippen LogP contribution in [-0.2, 0) is 4.79 Å². The molecule has 1 rings (SSSR count). The summed E-state index contributed by atoms with van der Waals surface area (Å²) >= 11 is 0. The van der Waals surface area contributed by atoms with E-state index in [1.54, 1.807) is 0 Å². The smallest absolute Gasteiger partial charge is 0.261 e. The van der Waals surface area contributed by atoms with Crippen molar-refractivity contribution in [3.8, 4) is 0 Å². The molecular formula is C7H13N3O. The third kappa shape index (κ3) is 2.32. The Morgan fingerprint density at radius 1 is 1.55 bits per heavy atom. The van der Waals surface area contributed by atoms with Crippen molar-refractivity contribution in [2.75, 3.05) is 13.1 Å². The molecule has 1 aliphatic rings. The average molecular weight is 155 g/mol. The van der Waals surface area contributed by atoms with Gasteiger partial charge in [0, 0.05) is 13.1 Å². The molecule has 62 valence electrons. The summed E-state index contributed by atoms with van der Waals surface area (Å²) in [5.74, 6) is -0.0839. The van der Waals surface area contributed by atoms with Crippen molar-refractivity contribution in [3.05, 3.63) is 12.7 Å². The van der Waals surface area contributed by atoms with Gasteiger partial charge in [0.25, 0.3) is 5.91 Å². The molecule has 0 bridgehead atoms. The topological polar surface area (TPSA) is 44.4 Å². The van der Waals surface area contributed by atoms with E-state index >= 15 is 0 Å². The van der Waals surface area contributed by atoms with Gasteiger partial charge in [-0.25, -0.2) is 5.43 Å². The van der Waals surface area contributed by atoms with Gasteiger partial charge < -0.3 is 0 Å². The van der Waals surface area contributed by atoms with E-state index in [2.05, 4.69) is 17.5 Å². The van der Waals surface area contributed by atoms with Crippen LogP contribution in [0.15, 0.2) is 12.7 Å². The van der Waals surface area contributed by atoms with Gasteiger partial charge in [-0.3, -0.25) is 9.80 Å². The molecule has 2 N–H and O–H groups in total. The number of rotatable bonds is 1. The molecule has 0 aromatic heterocycles. The second-order valence-corrected chi connectivity index (χ2v) is 2.44. The summed E-state index contributed by atoms with van der Waals surface area (Å²) < 4.78 is 0. The number of hydrogen-bond donors (Lipinski definition) is 2. The van der Waals surface area contributed by atoms with Gasteiger partial charge >= 0.3 is 0 Å². The Hall–Kier alpha value is -0.870. The third-order valence-electron chi connectivity index (χ3n) is 1.59. The first kappa shape index (κ1) is 8.23. The van der Waals surface area contributed by atoms with E-state index in [4.69, 9.17) is 0 Å². The molecule has 1 saturated heterocycles. The van der Waals surface area contributed by atoms with Gasteiger partial charge in [-0.05, 0) is 18.9 Å². The minimum absolute atomic E-state index is 0.0839. The van der Waals surface area contributed by atoms with E-state index in [9.17, 15) is 4.79 Å². The number of carbonyl (C=O) groups is 1. The molecule has 0 spiro atoms. The van der Waals surface area contributed by atoms with Crippen LogP contribution in [0.3, 0.4) is 0 Å². The highest BCUT2D eigenvalue weighted by Gasteiger charge is 2.10. The van der Waals surface area contributed by atoms with E-state index in [1.807, 2.05) is 0 Å². The number of amides is 1. The van der Waals surface area contributed by atoms with Crippen molar-refractivity contribution in [1.29, 1.82) is 0 Å². The Bertz CT molecular complexity index is 150. The SMILES string of the molecule is C=CC(=O)N1CCCCNN1. The third-order valence-corrected chi connectivity index (χ3v) is 1.59. The quantitative estimate of drug-likeness (QED) is 0.516. The van der Waals surface area contributed by atoms with Crippen LogP contribution >= 0.6 is 0 Å². The first-order valence-electron chi connectivity index (χ1n) is 3.77. The minimum atomic E-state index is -0.0839. The summed E-state index contributed by atoms with van der Waals surface area (Å²) in [5.41, 5.74) is 5.71. The number of hydrazine groups is 2. The van der Waals surface area contributed by atoms with Crippen LogP contribution < -0.4 is 11.0 Å². The molecule has 0 aliphatic carbocycles. The monoisotopic (exact) mass is 155 g/mol. The number of nitrogens with zero attached hydrogens (tertiary/aromatic N) is 1. The highest BCUT2D eigenvalue weighted by atomic mass is 16.2. The Balaban J connectivity index is 2.42. The van der Waals surface area contributed by atoms with Crippen molar-refractivity contribution in [3.63, 3.8) is 0 Å². The zero-order valence-electron chi connectivity index (χ0n) is 6.47. The van der Waals surface area contributed by atoms with Gasteiger partial charge in [0.15, 0.2) is 0 Å². The molecule has 0 aromatic rings. The van der Waals surface area contributed by atoms with Gasteiger partial charge in [0.05, 0.1) is 0 Å². The van der Waals surface area contributed by atoms with Gasteiger partial charge in [-0.1, -0.05) is 6.58 Å². The maximum Gasteiger partial charge on any atom is 0.261 e. The molecule has 1 aliphatic heterocycles. The van der Waals surface area contributed by atoms with Crippen LogP contribution in [0.2, 0.25) is 0 Å². The zero-order chi connectivity index (χ0) is 8.10. The fourth-order valence-electron chi connectivity index (χ4n) is 0.966. The van der Waals surface area contributed by atoms with Crippen molar-refractivity contribution in [2.24, 2.45) is 0 Å². The number of hydrogen-bond acceptors (Lipinski definition) is 3. The lowest BCUT2D eigenvalue weighted by molar-refractivity contribution is -0.129. The zero-order valence-corrected chi connectivity index (χ0v) is 6.47. The first-order valence-corrected chi connectivity index (χ1v) is 3.77. The molecule has 4 nitrogen and oxygen atoms in total. The molecule has 0 atom stereocenters. The molecule has 1 amide bonds. The van der Waals surface area contributed by atoms with Crippen LogP contribution in [0.1, 0.15) is 12.8 Å². The molecule has 0 radical (unpaired) electrons. The maximum atomic E-state index is 11.0. The summed E-state index contributed by atoms with van der Waals surface area (Å²) in [7, 11) is 0. The second kappa shape index (κ2) is 4.10. The van der Waals surface area contributed by atoms with E-state index < -0.39 is 0 Å². The Morgan fingerprint density at radius 2 is 2.36 bits per heavy atom. The fourth-order valence-corrected chi connectivity index (χ4v) is 0.966. The van der Waals surface area contributed by atoms with E-state index in [0.29, 0.717) is 0 Å². The first-order chi connectivity index (χ1) is 5.34. The molecule has 0 aromatic carbocycles. The van der Waals surface area contributed by atoms with Crippen LogP contribution in [0.5, 0.6) is 0 Å². The average Bonchev–Trinajstić information content (AvgIpc) is 2.30. The van der Waals surface area contributed by atoms with Crippen LogP contribution in [0, 0.1) is 0 Å². The summed E-state index contributed by atoms with van der Waals surface area (Å²) in [6.07, 6.45) is 3.42. The Kier molecular flexibility index (Phi) is 3.07. The van der Waals surface area contributed by atoms with E-state index in [-0.39, 0.29) is 5.91 Å². The lowest BCUT2D eigenvalue weighted by Crippen LogP contribution is -2.48. The lowest BCUT2D eigenvalue weighted by atomic mass is 10.3. The Morgan fingerprint density at radius 3 is 3.09 bits per heavy atom. The fraction of sp³-hybridized carbons (Fsp3) is 0.571. The molecule has 1 fully saturated rings.